The summed E-state index contributed by atoms with van der Waals surface area (Å²) in [6.07, 6.45) is 46.5. The van der Waals surface area contributed by atoms with Gasteiger partial charge < -0.3 is 27.9 Å². The van der Waals surface area contributed by atoms with E-state index in [0.29, 0.717) is 23.9 Å². The summed E-state index contributed by atoms with van der Waals surface area (Å²) >= 11 is 0. The second-order valence-electron chi connectivity index (χ2n) is 15.3. The first-order chi connectivity index (χ1) is 27.0. The highest BCUT2D eigenvalue weighted by Crippen LogP contribution is 2.38. The molecule has 0 aromatic heterocycles. The zero-order valence-corrected chi connectivity index (χ0v) is 36.9. The maximum absolute atomic E-state index is 12.7. The number of phosphoric acid groups is 1. The molecule has 0 spiro atoms. The summed E-state index contributed by atoms with van der Waals surface area (Å²) in [6.45, 7) is 4.01. The van der Waals surface area contributed by atoms with E-state index in [2.05, 4.69) is 86.8 Å². The van der Waals surface area contributed by atoms with Crippen molar-refractivity contribution in [2.75, 3.05) is 47.5 Å². The van der Waals surface area contributed by atoms with Crippen LogP contribution in [0.1, 0.15) is 155 Å². The van der Waals surface area contributed by atoms with Crippen LogP contribution < -0.4 is 4.89 Å². The molecule has 0 N–H and O–H groups in total. The Labute approximate surface area is 342 Å². The maximum atomic E-state index is 12.7. The average molecular weight is 806 g/mol. The molecule has 2 atom stereocenters. The van der Waals surface area contributed by atoms with Gasteiger partial charge >= 0.3 is 11.9 Å². The number of nitrogens with zero attached hydrogens (tertiary/aromatic N) is 1. The van der Waals surface area contributed by atoms with Gasteiger partial charge in [0.05, 0.1) is 27.7 Å². The number of carbonyl (C=O) groups is 2. The highest BCUT2D eigenvalue weighted by Gasteiger charge is 2.21. The number of allylic oxidation sites excluding steroid dienone is 12. The van der Waals surface area contributed by atoms with Crippen LogP contribution in [-0.2, 0) is 32.7 Å². The van der Waals surface area contributed by atoms with Crippen molar-refractivity contribution in [1.29, 1.82) is 0 Å². The maximum Gasteiger partial charge on any atom is 0.306 e. The summed E-state index contributed by atoms with van der Waals surface area (Å²) in [5.41, 5.74) is 0. The SMILES string of the molecule is CC/C=C\C/C=C\C/C=C\CCCCCCCC(=O)O[C@H](COC(=O)CCC/C=C\C/C=C\C/C=C\CCCCCCCC)COP(=O)([O-])OCC[N+](C)(C)C. The van der Waals surface area contributed by atoms with Gasteiger partial charge in [-0.15, -0.1) is 0 Å². The van der Waals surface area contributed by atoms with Crippen molar-refractivity contribution >= 4 is 19.8 Å². The third-order valence-electron chi connectivity index (χ3n) is 8.71. The van der Waals surface area contributed by atoms with E-state index in [0.717, 1.165) is 77.0 Å². The summed E-state index contributed by atoms with van der Waals surface area (Å²) < 4.78 is 33.8. The van der Waals surface area contributed by atoms with Crippen LogP contribution in [0.5, 0.6) is 0 Å². The first-order valence-electron chi connectivity index (χ1n) is 21.6. The van der Waals surface area contributed by atoms with Crippen molar-refractivity contribution in [3.05, 3.63) is 72.9 Å². The zero-order valence-electron chi connectivity index (χ0n) is 36.1. The van der Waals surface area contributed by atoms with E-state index in [1.165, 1.54) is 38.5 Å². The number of hydrogen-bond donors (Lipinski definition) is 0. The Hall–Kier alpha value is -2.55. The van der Waals surface area contributed by atoms with Crippen LogP contribution in [0.15, 0.2) is 72.9 Å². The minimum Gasteiger partial charge on any atom is -0.756 e. The van der Waals surface area contributed by atoms with E-state index < -0.39 is 32.5 Å². The molecular formula is C46H80NO8P. The number of esters is 2. The molecule has 0 aliphatic heterocycles. The third kappa shape index (κ3) is 41.1. The molecule has 322 valence electrons. The number of likely N-dealkylation sites (N-methyl/N-ethyl adjacent to an activating group) is 1. The summed E-state index contributed by atoms with van der Waals surface area (Å²) in [5, 5.41) is 0. The Bertz CT molecular complexity index is 1180. The first kappa shape index (κ1) is 53.5. The summed E-state index contributed by atoms with van der Waals surface area (Å²) in [6, 6.07) is 0. The van der Waals surface area contributed by atoms with Gasteiger partial charge in [0, 0.05) is 12.8 Å². The molecule has 0 radical (unpaired) electrons. The van der Waals surface area contributed by atoms with E-state index in [1.54, 1.807) is 0 Å². The van der Waals surface area contributed by atoms with Crippen molar-refractivity contribution in [3.8, 4) is 0 Å². The molecule has 0 bridgehead atoms. The average Bonchev–Trinajstić information content (AvgIpc) is 3.15. The lowest BCUT2D eigenvalue weighted by molar-refractivity contribution is -0.870. The Balaban J connectivity index is 4.49. The number of quaternary nitrogens is 1. The molecule has 0 aliphatic carbocycles. The molecule has 0 fully saturated rings. The minimum atomic E-state index is -4.64. The molecule has 0 saturated heterocycles. The van der Waals surface area contributed by atoms with E-state index in [1.807, 2.05) is 21.1 Å². The molecular weight excluding hydrogens is 725 g/mol. The number of phosphoric ester groups is 1. The van der Waals surface area contributed by atoms with E-state index in [4.69, 9.17) is 18.5 Å². The predicted molar refractivity (Wildman–Crippen MR) is 231 cm³/mol. The molecule has 10 heteroatoms. The normalized spacial score (nSPS) is 14.3. The molecule has 0 heterocycles. The van der Waals surface area contributed by atoms with Gasteiger partial charge in [0.2, 0.25) is 0 Å². The highest BCUT2D eigenvalue weighted by atomic mass is 31.2. The van der Waals surface area contributed by atoms with Gasteiger partial charge in [0.15, 0.2) is 6.10 Å². The second kappa shape index (κ2) is 38.0. The van der Waals surface area contributed by atoms with E-state index in [-0.39, 0.29) is 26.1 Å². The predicted octanol–water partition coefficient (Wildman–Crippen LogP) is 11.6. The van der Waals surface area contributed by atoms with Crippen molar-refractivity contribution in [2.45, 2.75) is 161 Å². The second-order valence-corrected chi connectivity index (χ2v) is 16.7. The van der Waals surface area contributed by atoms with Crippen LogP contribution in [0.3, 0.4) is 0 Å². The van der Waals surface area contributed by atoms with Gasteiger partial charge in [-0.1, -0.05) is 138 Å². The number of unbranched alkanes of at least 4 members (excludes halogenated alkanes) is 12. The molecule has 9 nitrogen and oxygen atoms in total. The first-order valence-corrected chi connectivity index (χ1v) is 23.1. The monoisotopic (exact) mass is 806 g/mol. The molecule has 0 aromatic carbocycles. The molecule has 0 aromatic rings. The Morgan fingerprint density at radius 1 is 0.571 bits per heavy atom. The van der Waals surface area contributed by atoms with Crippen molar-refractivity contribution in [1.82, 2.24) is 0 Å². The zero-order chi connectivity index (χ0) is 41.4. The van der Waals surface area contributed by atoms with Crippen LogP contribution in [-0.4, -0.2) is 70.0 Å². The van der Waals surface area contributed by atoms with Crippen LogP contribution in [0.2, 0.25) is 0 Å². The van der Waals surface area contributed by atoms with Crippen LogP contribution in [0.25, 0.3) is 0 Å². The Kier molecular flexibility index (Phi) is 36.3. The summed E-state index contributed by atoms with van der Waals surface area (Å²) in [5.74, 6) is -0.923. The molecule has 1 unspecified atom stereocenters. The number of carbonyl (C=O) groups excluding carboxylic acids is 2. The fourth-order valence-corrected chi connectivity index (χ4v) is 6.06. The molecule has 0 saturated carbocycles. The van der Waals surface area contributed by atoms with Gasteiger partial charge in [-0.05, 0) is 77.0 Å². The topological polar surface area (TPSA) is 111 Å². The quantitative estimate of drug-likeness (QED) is 0.0199. The van der Waals surface area contributed by atoms with Gasteiger partial charge in [-0.2, -0.15) is 0 Å². The summed E-state index contributed by atoms with van der Waals surface area (Å²) in [4.78, 5) is 37.5. The van der Waals surface area contributed by atoms with Crippen LogP contribution in [0.4, 0.5) is 0 Å². The van der Waals surface area contributed by atoms with Gasteiger partial charge in [-0.25, -0.2) is 0 Å². The molecule has 0 amide bonds. The van der Waals surface area contributed by atoms with Crippen LogP contribution >= 0.6 is 7.82 Å². The van der Waals surface area contributed by atoms with Crippen molar-refractivity contribution in [3.63, 3.8) is 0 Å². The van der Waals surface area contributed by atoms with Gasteiger partial charge in [0.25, 0.3) is 7.82 Å². The molecule has 0 aliphatic rings. The van der Waals surface area contributed by atoms with Crippen molar-refractivity contribution in [2.24, 2.45) is 0 Å². The molecule has 56 heavy (non-hydrogen) atoms. The third-order valence-corrected chi connectivity index (χ3v) is 9.67. The smallest absolute Gasteiger partial charge is 0.306 e. The van der Waals surface area contributed by atoms with Crippen LogP contribution in [0, 0.1) is 0 Å². The fourth-order valence-electron chi connectivity index (χ4n) is 5.33. The summed E-state index contributed by atoms with van der Waals surface area (Å²) in [7, 11) is 1.11. The number of hydrogen-bond acceptors (Lipinski definition) is 8. The Morgan fingerprint density at radius 3 is 1.57 bits per heavy atom. The number of rotatable bonds is 38. The molecule has 0 rings (SSSR count). The fraction of sp³-hybridized carbons (Fsp3) is 0.696. The number of ether oxygens (including phenoxy) is 2. The van der Waals surface area contributed by atoms with E-state index in [9.17, 15) is 19.0 Å². The van der Waals surface area contributed by atoms with E-state index >= 15 is 0 Å². The van der Waals surface area contributed by atoms with Gasteiger partial charge in [0.1, 0.15) is 19.8 Å². The highest BCUT2D eigenvalue weighted by molar-refractivity contribution is 7.45. The largest absolute Gasteiger partial charge is 0.756 e. The standard InChI is InChI=1S/C46H80NO8P/c1-6-8-10-12-14-16-18-20-22-23-25-26-28-30-32-34-36-38-45(48)52-42-44(43-54-56(50,51)53-41-40-47(3,4)5)55-46(49)39-37-35-33-31-29-27-24-21-19-17-15-13-11-9-7-2/h9,11,15,17,20-22,24-26,30,32,44H,6-8,10,12-14,16,18-19,23,27-29,31,33-43H2,1-5H3/b11-9-,17-15-,22-20-,24-21-,26-25-,32-30-/t44-/m1/s1. The lowest BCUT2D eigenvalue weighted by atomic mass is 10.1. The Morgan fingerprint density at radius 2 is 1.04 bits per heavy atom. The lowest BCUT2D eigenvalue weighted by Crippen LogP contribution is -2.37. The minimum absolute atomic E-state index is 0.0457. The van der Waals surface area contributed by atoms with Crippen molar-refractivity contribution < 1.29 is 42.1 Å². The lowest BCUT2D eigenvalue weighted by Gasteiger charge is -2.28. The van der Waals surface area contributed by atoms with Gasteiger partial charge in [-0.3, -0.25) is 14.2 Å².